The molecule has 0 saturated carbocycles. The van der Waals surface area contributed by atoms with Crippen molar-refractivity contribution in [2.75, 3.05) is 11.9 Å². The van der Waals surface area contributed by atoms with Crippen LogP contribution in [0.15, 0.2) is 61.1 Å². The number of nitrogens with zero attached hydrogens (tertiary/aromatic N) is 4. The number of anilines is 2. The lowest BCUT2D eigenvalue weighted by Crippen LogP contribution is -2.12. The summed E-state index contributed by atoms with van der Waals surface area (Å²) >= 11 is 5.93. The average molecular weight is 393 g/mol. The van der Waals surface area contributed by atoms with E-state index >= 15 is 0 Å². The van der Waals surface area contributed by atoms with Gasteiger partial charge in [-0.1, -0.05) is 23.7 Å². The number of aryl methyl sites for hydroxylation is 2. The van der Waals surface area contributed by atoms with Crippen LogP contribution in [0.25, 0.3) is 11.0 Å². The van der Waals surface area contributed by atoms with Gasteiger partial charge in [-0.25, -0.2) is 9.97 Å². The van der Waals surface area contributed by atoms with E-state index in [1.807, 2.05) is 61.1 Å². The van der Waals surface area contributed by atoms with Gasteiger partial charge >= 0.3 is 0 Å². The van der Waals surface area contributed by atoms with Crippen molar-refractivity contribution in [2.45, 2.75) is 13.5 Å². The molecule has 0 aliphatic rings. The smallest absolute Gasteiger partial charge is 0.134 e. The van der Waals surface area contributed by atoms with Gasteiger partial charge in [0.15, 0.2) is 0 Å². The Balaban J connectivity index is 1.52. The minimum absolute atomic E-state index is 0.504. The molecule has 0 amide bonds. The van der Waals surface area contributed by atoms with E-state index in [1.165, 1.54) is 0 Å². The Labute approximate surface area is 169 Å². The molecular weight excluding hydrogens is 372 g/mol. The number of aromatic nitrogens is 3. The van der Waals surface area contributed by atoms with Crippen LogP contribution >= 0.6 is 11.6 Å². The second-order valence-electron chi connectivity index (χ2n) is 6.81. The molecule has 0 bridgehead atoms. The molecule has 4 rings (SSSR count). The fourth-order valence-corrected chi connectivity index (χ4v) is 3.29. The number of fused-ring (bicyclic) bond motifs is 1. The molecule has 0 radical (unpaired) electrons. The van der Waals surface area contributed by atoms with Crippen LogP contribution in [0, 0.1) is 6.92 Å². The highest BCUT2D eigenvalue weighted by atomic mass is 35.5. The standard InChI is InChI=1S/C22H21ClN4O/c1-15-10-18(28-13-16-4-6-17(23)7-5-16)8-9-20(15)27(3)22-11-21-19(12-24-22)25-14-26(21)2/h4-12,14H,13H2,1-3H3. The van der Waals surface area contributed by atoms with Crippen molar-refractivity contribution in [1.29, 1.82) is 0 Å². The predicted molar refractivity (Wildman–Crippen MR) is 114 cm³/mol. The maximum absolute atomic E-state index is 5.93. The third-order valence-corrected chi connectivity index (χ3v) is 5.04. The summed E-state index contributed by atoms with van der Waals surface area (Å²) in [7, 11) is 4.00. The third-order valence-electron chi connectivity index (χ3n) is 4.79. The molecule has 0 spiro atoms. The first-order valence-corrected chi connectivity index (χ1v) is 9.38. The molecule has 0 atom stereocenters. The molecule has 2 heterocycles. The molecule has 0 fully saturated rings. The van der Waals surface area contributed by atoms with Gasteiger partial charge in [-0.05, 0) is 48.4 Å². The number of pyridine rings is 1. The van der Waals surface area contributed by atoms with E-state index in [9.17, 15) is 0 Å². The number of rotatable bonds is 5. The molecule has 0 aliphatic carbocycles. The lowest BCUT2D eigenvalue weighted by atomic mass is 10.1. The molecule has 2 aromatic heterocycles. The molecule has 142 valence electrons. The molecular formula is C22H21ClN4O. The normalized spacial score (nSPS) is 11.0. The summed E-state index contributed by atoms with van der Waals surface area (Å²) in [6, 6.07) is 15.8. The quantitative estimate of drug-likeness (QED) is 0.463. The number of imidazole rings is 1. The molecule has 0 N–H and O–H groups in total. The molecule has 28 heavy (non-hydrogen) atoms. The molecule has 2 aromatic carbocycles. The number of halogens is 1. The van der Waals surface area contributed by atoms with Crippen LogP contribution in [-0.2, 0) is 13.7 Å². The van der Waals surface area contributed by atoms with Crippen molar-refractivity contribution in [1.82, 2.24) is 14.5 Å². The zero-order valence-corrected chi connectivity index (χ0v) is 16.8. The van der Waals surface area contributed by atoms with Crippen LogP contribution in [0.1, 0.15) is 11.1 Å². The maximum atomic E-state index is 5.93. The Morgan fingerprint density at radius 1 is 1.07 bits per heavy atom. The van der Waals surface area contributed by atoms with Crippen LogP contribution in [0.5, 0.6) is 5.75 Å². The summed E-state index contributed by atoms with van der Waals surface area (Å²) in [5.41, 5.74) is 5.22. The Hall–Kier alpha value is -3.05. The zero-order chi connectivity index (χ0) is 19.7. The van der Waals surface area contributed by atoms with Crippen LogP contribution in [-0.4, -0.2) is 21.6 Å². The van der Waals surface area contributed by atoms with E-state index in [4.69, 9.17) is 16.3 Å². The SMILES string of the molecule is Cc1cc(OCc2ccc(Cl)cc2)ccc1N(C)c1cc2c(cn1)ncn2C. The minimum Gasteiger partial charge on any atom is -0.489 e. The van der Waals surface area contributed by atoms with Crippen LogP contribution in [0.2, 0.25) is 5.02 Å². The molecule has 5 nitrogen and oxygen atoms in total. The Morgan fingerprint density at radius 3 is 2.61 bits per heavy atom. The first kappa shape index (κ1) is 18.3. The van der Waals surface area contributed by atoms with E-state index in [-0.39, 0.29) is 0 Å². The minimum atomic E-state index is 0.504. The number of hydrogen-bond acceptors (Lipinski definition) is 4. The zero-order valence-electron chi connectivity index (χ0n) is 16.1. The van der Waals surface area contributed by atoms with Gasteiger partial charge < -0.3 is 14.2 Å². The van der Waals surface area contributed by atoms with Gasteiger partial charge in [0.2, 0.25) is 0 Å². The highest BCUT2D eigenvalue weighted by molar-refractivity contribution is 6.30. The molecule has 0 aliphatic heterocycles. The topological polar surface area (TPSA) is 43.2 Å². The molecule has 0 saturated heterocycles. The van der Waals surface area contributed by atoms with E-state index in [0.29, 0.717) is 6.61 Å². The molecule has 0 unspecified atom stereocenters. The van der Waals surface area contributed by atoms with Gasteiger partial charge in [0.05, 0.1) is 18.0 Å². The Kier molecular flexibility index (Phi) is 4.92. The maximum Gasteiger partial charge on any atom is 0.134 e. The number of benzene rings is 2. The largest absolute Gasteiger partial charge is 0.489 e. The molecule has 6 heteroatoms. The van der Waals surface area contributed by atoms with Crippen molar-refractivity contribution >= 4 is 34.1 Å². The Morgan fingerprint density at radius 2 is 1.86 bits per heavy atom. The number of ether oxygens (including phenoxy) is 1. The van der Waals surface area contributed by atoms with Crippen molar-refractivity contribution in [3.8, 4) is 5.75 Å². The fourth-order valence-electron chi connectivity index (χ4n) is 3.17. The second kappa shape index (κ2) is 7.52. The van der Waals surface area contributed by atoms with Gasteiger partial charge in [0, 0.05) is 30.9 Å². The summed E-state index contributed by atoms with van der Waals surface area (Å²) in [6.07, 6.45) is 3.61. The first-order chi connectivity index (χ1) is 13.5. The fraction of sp³-hybridized carbons (Fsp3) is 0.182. The first-order valence-electron chi connectivity index (χ1n) is 9.00. The summed E-state index contributed by atoms with van der Waals surface area (Å²) < 4.78 is 7.92. The van der Waals surface area contributed by atoms with Gasteiger partial charge in [0.25, 0.3) is 0 Å². The summed E-state index contributed by atoms with van der Waals surface area (Å²) in [5.74, 6) is 1.70. The van der Waals surface area contributed by atoms with Crippen molar-refractivity contribution in [2.24, 2.45) is 7.05 Å². The summed E-state index contributed by atoms with van der Waals surface area (Å²) in [5, 5.41) is 0.727. The van der Waals surface area contributed by atoms with Crippen molar-refractivity contribution in [3.63, 3.8) is 0 Å². The van der Waals surface area contributed by atoms with Gasteiger partial charge in [-0.3, -0.25) is 0 Å². The summed E-state index contributed by atoms with van der Waals surface area (Å²) in [4.78, 5) is 11.0. The lowest BCUT2D eigenvalue weighted by molar-refractivity contribution is 0.306. The monoisotopic (exact) mass is 392 g/mol. The van der Waals surface area contributed by atoms with E-state index in [0.717, 1.165) is 44.4 Å². The van der Waals surface area contributed by atoms with Crippen LogP contribution in [0.3, 0.4) is 0 Å². The average Bonchev–Trinajstić information content (AvgIpc) is 3.07. The highest BCUT2D eigenvalue weighted by Crippen LogP contribution is 2.30. The second-order valence-corrected chi connectivity index (χ2v) is 7.25. The van der Waals surface area contributed by atoms with Gasteiger partial charge in [0.1, 0.15) is 23.7 Å². The number of hydrogen-bond donors (Lipinski definition) is 0. The third kappa shape index (κ3) is 3.66. The van der Waals surface area contributed by atoms with Crippen LogP contribution < -0.4 is 9.64 Å². The van der Waals surface area contributed by atoms with E-state index in [2.05, 4.69) is 27.9 Å². The van der Waals surface area contributed by atoms with Crippen molar-refractivity contribution < 1.29 is 4.74 Å². The molecule has 4 aromatic rings. The van der Waals surface area contributed by atoms with E-state index in [1.54, 1.807) is 12.5 Å². The lowest BCUT2D eigenvalue weighted by Gasteiger charge is -2.21. The summed E-state index contributed by atoms with van der Waals surface area (Å²) in [6.45, 7) is 2.58. The van der Waals surface area contributed by atoms with Gasteiger partial charge in [-0.2, -0.15) is 0 Å². The predicted octanol–water partition coefficient (Wildman–Crippen LogP) is 5.28. The van der Waals surface area contributed by atoms with Crippen LogP contribution in [0.4, 0.5) is 11.5 Å². The van der Waals surface area contributed by atoms with E-state index < -0.39 is 0 Å². The Bertz CT molecular complexity index is 1120. The van der Waals surface area contributed by atoms with Crippen molar-refractivity contribution in [3.05, 3.63) is 77.2 Å². The van der Waals surface area contributed by atoms with Gasteiger partial charge in [-0.15, -0.1) is 0 Å². The highest BCUT2D eigenvalue weighted by Gasteiger charge is 2.11.